The molecule has 0 bridgehead atoms. The van der Waals surface area contributed by atoms with Crippen molar-refractivity contribution >= 4 is 17.4 Å². The van der Waals surface area contributed by atoms with Gasteiger partial charge < -0.3 is 5.11 Å². The molecule has 1 aliphatic rings. The molecule has 0 spiro atoms. The van der Waals surface area contributed by atoms with Crippen molar-refractivity contribution in [2.75, 3.05) is 26.2 Å². The molecule has 1 saturated heterocycles. The number of phenols is 1. The van der Waals surface area contributed by atoms with Crippen molar-refractivity contribution in [1.29, 1.82) is 0 Å². The van der Waals surface area contributed by atoms with Gasteiger partial charge in [0.25, 0.3) is 0 Å². The molecule has 0 aromatic heterocycles. The molecule has 2 aromatic rings. The fourth-order valence-electron chi connectivity index (χ4n) is 4.52. The second kappa shape index (κ2) is 9.77. The number of Topliss-reactive ketones (excluding diaryl/α,β-unsaturated/α-hetero) is 1. The van der Waals surface area contributed by atoms with E-state index in [-0.39, 0.29) is 22.7 Å². The van der Waals surface area contributed by atoms with Gasteiger partial charge in [-0.05, 0) is 58.7 Å². The first-order valence-electron chi connectivity index (χ1n) is 11.9. The first-order valence-corrected chi connectivity index (χ1v) is 12.3. The van der Waals surface area contributed by atoms with Gasteiger partial charge in [-0.3, -0.25) is 14.6 Å². The summed E-state index contributed by atoms with van der Waals surface area (Å²) in [5, 5.41) is 11.6. The monoisotopic (exact) mass is 470 g/mol. The summed E-state index contributed by atoms with van der Waals surface area (Å²) in [6.45, 7) is 19.3. The lowest BCUT2D eigenvalue weighted by Gasteiger charge is -2.38. The molecule has 1 aliphatic heterocycles. The predicted molar refractivity (Wildman–Crippen MR) is 138 cm³/mol. The lowest BCUT2D eigenvalue weighted by molar-refractivity contribution is 0.0687. The van der Waals surface area contributed by atoms with Crippen LogP contribution in [-0.2, 0) is 17.4 Å². The first kappa shape index (κ1) is 25.7. The van der Waals surface area contributed by atoms with Crippen molar-refractivity contribution in [3.63, 3.8) is 0 Å². The Kier molecular flexibility index (Phi) is 7.62. The molecule has 5 heteroatoms. The van der Waals surface area contributed by atoms with Crippen LogP contribution in [0.1, 0.15) is 75.5 Å². The molecular weight excluding hydrogens is 432 g/mol. The Bertz CT molecular complexity index is 943. The number of halogens is 1. The van der Waals surface area contributed by atoms with E-state index in [4.69, 9.17) is 11.6 Å². The van der Waals surface area contributed by atoms with Crippen LogP contribution in [0.4, 0.5) is 0 Å². The fraction of sp³-hybridized carbons (Fsp3) is 0.536. The third-order valence-corrected chi connectivity index (χ3v) is 6.91. The highest BCUT2D eigenvalue weighted by molar-refractivity contribution is 6.30. The van der Waals surface area contributed by atoms with Gasteiger partial charge in [-0.25, -0.2) is 0 Å². The van der Waals surface area contributed by atoms with E-state index in [9.17, 15) is 9.90 Å². The number of piperazine rings is 1. The highest BCUT2D eigenvalue weighted by Crippen LogP contribution is 2.40. The third-order valence-electron chi connectivity index (χ3n) is 6.65. The van der Waals surface area contributed by atoms with Gasteiger partial charge in [-0.15, -0.1) is 0 Å². The number of phenolic OH excluding ortho intramolecular Hbond substituents is 1. The van der Waals surface area contributed by atoms with Crippen LogP contribution in [0, 0.1) is 0 Å². The van der Waals surface area contributed by atoms with Gasteiger partial charge in [-0.1, -0.05) is 65.3 Å². The van der Waals surface area contributed by atoms with E-state index in [1.54, 1.807) is 12.1 Å². The second-order valence-electron chi connectivity index (χ2n) is 11.4. The number of carbonyl (C=O) groups excluding carboxylic acids is 1. The van der Waals surface area contributed by atoms with Crippen LogP contribution in [0.15, 0.2) is 36.4 Å². The zero-order valence-corrected chi connectivity index (χ0v) is 22.0. The number of hydrogen-bond acceptors (Lipinski definition) is 4. The summed E-state index contributed by atoms with van der Waals surface area (Å²) in [6.07, 6.45) is 0. The normalized spacial score (nSPS) is 17.2. The topological polar surface area (TPSA) is 43.8 Å². The molecule has 1 heterocycles. The minimum Gasteiger partial charge on any atom is -0.507 e. The number of hydrogen-bond donors (Lipinski definition) is 1. The molecule has 0 saturated carbocycles. The maximum atomic E-state index is 12.9. The van der Waals surface area contributed by atoms with Gasteiger partial charge in [-0.2, -0.15) is 0 Å². The number of benzene rings is 2. The molecule has 0 amide bonds. The largest absolute Gasteiger partial charge is 0.507 e. The molecule has 2 aromatic carbocycles. The quantitative estimate of drug-likeness (QED) is 0.542. The fourth-order valence-corrected chi connectivity index (χ4v) is 4.64. The van der Waals surface area contributed by atoms with Crippen LogP contribution in [0.5, 0.6) is 5.75 Å². The molecule has 0 radical (unpaired) electrons. The van der Waals surface area contributed by atoms with Gasteiger partial charge in [0.1, 0.15) is 5.75 Å². The summed E-state index contributed by atoms with van der Waals surface area (Å²) in [7, 11) is 0. The first-order chi connectivity index (χ1) is 15.3. The van der Waals surface area contributed by atoms with Crippen molar-refractivity contribution in [2.45, 2.75) is 71.9 Å². The molecule has 180 valence electrons. The molecule has 1 N–H and O–H groups in total. The second-order valence-corrected chi connectivity index (χ2v) is 11.8. The lowest BCUT2D eigenvalue weighted by atomic mass is 9.78. The van der Waals surface area contributed by atoms with E-state index in [2.05, 4.69) is 63.5 Å². The van der Waals surface area contributed by atoms with Crippen LogP contribution in [-0.4, -0.2) is 52.9 Å². The Labute approximate surface area is 204 Å². The third kappa shape index (κ3) is 6.17. The van der Waals surface area contributed by atoms with Crippen molar-refractivity contribution in [1.82, 2.24) is 9.80 Å². The van der Waals surface area contributed by atoms with Crippen molar-refractivity contribution < 1.29 is 9.90 Å². The minimum atomic E-state index is -0.151. The summed E-state index contributed by atoms with van der Waals surface area (Å²) >= 11 is 5.96. The Morgan fingerprint density at radius 3 is 1.88 bits per heavy atom. The van der Waals surface area contributed by atoms with E-state index in [0.717, 1.165) is 43.9 Å². The Balaban J connectivity index is 1.69. The van der Waals surface area contributed by atoms with Crippen LogP contribution in [0.25, 0.3) is 0 Å². The number of carbonyl (C=O) groups is 1. The summed E-state index contributed by atoms with van der Waals surface area (Å²) in [5.74, 6) is 0.571. The van der Waals surface area contributed by atoms with Gasteiger partial charge in [0, 0.05) is 43.3 Å². The molecule has 4 nitrogen and oxygen atoms in total. The van der Waals surface area contributed by atoms with Gasteiger partial charge in [0.05, 0.1) is 6.04 Å². The van der Waals surface area contributed by atoms with Gasteiger partial charge in [0.2, 0.25) is 0 Å². The number of rotatable bonds is 5. The van der Waals surface area contributed by atoms with Gasteiger partial charge in [0.15, 0.2) is 5.78 Å². The molecule has 33 heavy (non-hydrogen) atoms. The Hall–Kier alpha value is -1.88. The van der Waals surface area contributed by atoms with Crippen LogP contribution in [0.3, 0.4) is 0 Å². The van der Waals surface area contributed by atoms with E-state index >= 15 is 0 Å². The summed E-state index contributed by atoms with van der Waals surface area (Å²) in [5.41, 5.74) is 3.70. The van der Waals surface area contributed by atoms with E-state index < -0.39 is 0 Å². The van der Waals surface area contributed by atoms with Crippen LogP contribution in [0.2, 0.25) is 5.02 Å². The van der Waals surface area contributed by atoms with Crippen LogP contribution < -0.4 is 0 Å². The zero-order chi connectivity index (χ0) is 24.6. The molecular formula is C28H39ClN2O2. The number of nitrogens with zero attached hydrogens (tertiary/aromatic N) is 2. The molecule has 0 aliphatic carbocycles. The summed E-state index contributed by atoms with van der Waals surface area (Å²) in [4.78, 5) is 17.6. The summed E-state index contributed by atoms with van der Waals surface area (Å²) in [6, 6.07) is 11.3. The molecule has 3 rings (SSSR count). The maximum Gasteiger partial charge on any atom is 0.179 e. The molecule has 1 fully saturated rings. The van der Waals surface area contributed by atoms with Crippen molar-refractivity contribution in [2.24, 2.45) is 0 Å². The van der Waals surface area contributed by atoms with E-state index in [1.807, 2.05) is 19.1 Å². The van der Waals surface area contributed by atoms with E-state index in [0.29, 0.717) is 16.3 Å². The highest BCUT2D eigenvalue weighted by Gasteiger charge is 2.29. The Morgan fingerprint density at radius 2 is 1.42 bits per heavy atom. The number of aromatic hydroxyl groups is 1. The highest BCUT2D eigenvalue weighted by atomic mass is 35.5. The average Bonchev–Trinajstić information content (AvgIpc) is 2.73. The van der Waals surface area contributed by atoms with Crippen molar-refractivity contribution in [3.05, 3.63) is 63.7 Å². The lowest BCUT2D eigenvalue weighted by Crippen LogP contribution is -2.51. The standard InChI is InChI=1S/C28H39ClN2O2/c1-19(25(32)21-8-10-22(29)11-9-21)31-14-12-30(13-15-31)18-20-16-23(27(2,3)4)26(33)24(17-20)28(5,6)7/h8-11,16-17,19,33H,12-15,18H2,1-7H3. The van der Waals surface area contributed by atoms with Gasteiger partial charge >= 0.3 is 0 Å². The van der Waals surface area contributed by atoms with E-state index in [1.165, 1.54) is 5.56 Å². The molecule has 1 atom stereocenters. The smallest absolute Gasteiger partial charge is 0.179 e. The van der Waals surface area contributed by atoms with Crippen LogP contribution >= 0.6 is 11.6 Å². The average molecular weight is 471 g/mol. The molecule has 1 unspecified atom stereocenters. The predicted octanol–water partition coefficient (Wildman–Crippen LogP) is 6.03. The SMILES string of the molecule is CC(C(=O)c1ccc(Cl)cc1)N1CCN(Cc2cc(C(C)(C)C)c(O)c(C(C)(C)C)c2)CC1. The number of ketones is 1. The Morgan fingerprint density at radius 1 is 0.939 bits per heavy atom. The minimum absolute atomic E-state index is 0.129. The maximum absolute atomic E-state index is 12.9. The van der Waals surface area contributed by atoms with Crippen molar-refractivity contribution in [3.8, 4) is 5.75 Å². The summed E-state index contributed by atoms with van der Waals surface area (Å²) < 4.78 is 0. The zero-order valence-electron chi connectivity index (χ0n) is 21.2.